The highest BCUT2D eigenvalue weighted by Gasteiger charge is 2.12. The van der Waals surface area contributed by atoms with Crippen LogP contribution in [0.2, 0.25) is 5.02 Å². The predicted octanol–water partition coefficient (Wildman–Crippen LogP) is 7.98. The number of rotatable bonds is 2. The fourth-order valence-electron chi connectivity index (χ4n) is 3.90. The molecule has 1 heteroatoms. The van der Waals surface area contributed by atoms with E-state index >= 15 is 0 Å². The predicted molar refractivity (Wildman–Crippen MR) is 117 cm³/mol. The van der Waals surface area contributed by atoms with E-state index in [9.17, 15) is 0 Å². The number of hydrogen-bond donors (Lipinski definition) is 0. The average Bonchev–Trinajstić information content (AvgIpc) is 2.74. The molecular weight excluding hydrogens is 348 g/mol. The van der Waals surface area contributed by atoms with Gasteiger partial charge in [-0.1, -0.05) is 109 Å². The molecule has 0 nitrogen and oxygen atoms in total. The molecule has 0 aliphatic heterocycles. The monoisotopic (exact) mass is 364 g/mol. The molecule has 0 heterocycles. The third-order valence-corrected chi connectivity index (χ3v) is 5.50. The molecular formula is C26H17Cl. The Morgan fingerprint density at radius 2 is 0.815 bits per heavy atom. The first-order valence-electron chi connectivity index (χ1n) is 9.08. The van der Waals surface area contributed by atoms with Crippen molar-refractivity contribution in [3.05, 3.63) is 108 Å². The highest BCUT2D eigenvalue weighted by atomic mass is 35.5. The SMILES string of the molecule is Clc1ccc(-c2ccc(-c3ccccc3)c3ccccc23)c2ccccc12. The van der Waals surface area contributed by atoms with Gasteiger partial charge in [0.1, 0.15) is 0 Å². The minimum atomic E-state index is 0.791. The van der Waals surface area contributed by atoms with Crippen molar-refractivity contribution in [2.75, 3.05) is 0 Å². The first-order chi connectivity index (χ1) is 13.3. The van der Waals surface area contributed by atoms with Crippen molar-refractivity contribution in [2.45, 2.75) is 0 Å². The lowest BCUT2D eigenvalue weighted by Gasteiger charge is -2.14. The van der Waals surface area contributed by atoms with Gasteiger partial charge in [-0.3, -0.25) is 0 Å². The fourth-order valence-corrected chi connectivity index (χ4v) is 4.13. The van der Waals surface area contributed by atoms with Crippen LogP contribution in [0.25, 0.3) is 43.8 Å². The smallest absolute Gasteiger partial charge is 0.0484 e. The summed E-state index contributed by atoms with van der Waals surface area (Å²) in [6, 6.07) is 36.1. The molecule has 5 aromatic carbocycles. The van der Waals surface area contributed by atoms with Gasteiger partial charge in [-0.05, 0) is 44.5 Å². The average molecular weight is 365 g/mol. The van der Waals surface area contributed by atoms with Crippen LogP contribution in [0, 0.1) is 0 Å². The highest BCUT2D eigenvalue weighted by Crippen LogP contribution is 2.39. The molecule has 0 radical (unpaired) electrons. The minimum absolute atomic E-state index is 0.791. The van der Waals surface area contributed by atoms with Crippen molar-refractivity contribution in [1.29, 1.82) is 0 Å². The van der Waals surface area contributed by atoms with Crippen LogP contribution >= 0.6 is 11.6 Å². The Bertz CT molecular complexity index is 1270. The van der Waals surface area contributed by atoms with Gasteiger partial charge >= 0.3 is 0 Å². The van der Waals surface area contributed by atoms with Crippen LogP contribution in [0.5, 0.6) is 0 Å². The molecule has 0 saturated carbocycles. The Kier molecular flexibility index (Phi) is 3.92. The van der Waals surface area contributed by atoms with Gasteiger partial charge in [0.2, 0.25) is 0 Å². The first kappa shape index (κ1) is 16.1. The van der Waals surface area contributed by atoms with Crippen molar-refractivity contribution in [2.24, 2.45) is 0 Å². The molecule has 0 spiro atoms. The summed E-state index contributed by atoms with van der Waals surface area (Å²) in [5.74, 6) is 0. The molecule has 27 heavy (non-hydrogen) atoms. The Balaban J connectivity index is 1.83. The van der Waals surface area contributed by atoms with Crippen molar-refractivity contribution < 1.29 is 0 Å². The van der Waals surface area contributed by atoms with E-state index in [0.717, 1.165) is 10.4 Å². The van der Waals surface area contributed by atoms with E-state index in [1.165, 1.54) is 38.4 Å². The summed E-state index contributed by atoms with van der Waals surface area (Å²) in [6.07, 6.45) is 0. The van der Waals surface area contributed by atoms with E-state index < -0.39 is 0 Å². The van der Waals surface area contributed by atoms with Crippen LogP contribution in [0.1, 0.15) is 0 Å². The van der Waals surface area contributed by atoms with Crippen LogP contribution in [0.3, 0.4) is 0 Å². The molecule has 0 saturated heterocycles. The number of halogens is 1. The Hall–Kier alpha value is -3.09. The van der Waals surface area contributed by atoms with Gasteiger partial charge in [0.05, 0.1) is 0 Å². The van der Waals surface area contributed by atoms with E-state index in [-0.39, 0.29) is 0 Å². The van der Waals surface area contributed by atoms with E-state index in [1.807, 2.05) is 12.1 Å². The maximum absolute atomic E-state index is 6.44. The van der Waals surface area contributed by atoms with Crippen LogP contribution in [0.4, 0.5) is 0 Å². The zero-order valence-electron chi connectivity index (χ0n) is 14.7. The molecule has 0 N–H and O–H groups in total. The van der Waals surface area contributed by atoms with Gasteiger partial charge in [-0.2, -0.15) is 0 Å². The fraction of sp³-hybridized carbons (Fsp3) is 0. The number of hydrogen-bond acceptors (Lipinski definition) is 0. The van der Waals surface area contributed by atoms with Crippen LogP contribution < -0.4 is 0 Å². The normalized spacial score (nSPS) is 11.1. The quantitative estimate of drug-likeness (QED) is 0.298. The Morgan fingerprint density at radius 1 is 0.370 bits per heavy atom. The summed E-state index contributed by atoms with van der Waals surface area (Å²) in [4.78, 5) is 0. The van der Waals surface area contributed by atoms with E-state index in [1.54, 1.807) is 0 Å². The molecule has 0 fully saturated rings. The molecule has 0 bridgehead atoms. The van der Waals surface area contributed by atoms with Crippen molar-refractivity contribution in [3.63, 3.8) is 0 Å². The largest absolute Gasteiger partial charge is 0.0837 e. The Labute approximate surface area is 163 Å². The lowest BCUT2D eigenvalue weighted by atomic mass is 9.90. The number of benzene rings is 5. The molecule has 0 aliphatic rings. The summed E-state index contributed by atoms with van der Waals surface area (Å²) in [5.41, 5.74) is 4.94. The van der Waals surface area contributed by atoms with Gasteiger partial charge in [0.25, 0.3) is 0 Å². The molecule has 5 aromatic rings. The zero-order valence-corrected chi connectivity index (χ0v) is 15.4. The van der Waals surface area contributed by atoms with E-state index in [2.05, 4.69) is 91.0 Å². The summed E-state index contributed by atoms with van der Waals surface area (Å²) < 4.78 is 0. The summed E-state index contributed by atoms with van der Waals surface area (Å²) in [6.45, 7) is 0. The van der Waals surface area contributed by atoms with Gasteiger partial charge in [-0.25, -0.2) is 0 Å². The zero-order chi connectivity index (χ0) is 18.2. The molecule has 0 aliphatic carbocycles. The van der Waals surface area contributed by atoms with Gasteiger partial charge in [-0.15, -0.1) is 0 Å². The van der Waals surface area contributed by atoms with E-state index in [0.29, 0.717) is 0 Å². The van der Waals surface area contributed by atoms with Gasteiger partial charge < -0.3 is 0 Å². The second kappa shape index (κ2) is 6.57. The molecule has 0 atom stereocenters. The van der Waals surface area contributed by atoms with Crippen molar-refractivity contribution in [1.82, 2.24) is 0 Å². The third kappa shape index (κ3) is 2.70. The second-order valence-electron chi connectivity index (χ2n) is 6.71. The van der Waals surface area contributed by atoms with Crippen molar-refractivity contribution in [3.8, 4) is 22.3 Å². The topological polar surface area (TPSA) is 0 Å². The third-order valence-electron chi connectivity index (χ3n) is 5.17. The lowest BCUT2D eigenvalue weighted by molar-refractivity contribution is 1.64. The summed E-state index contributed by atoms with van der Waals surface area (Å²) >= 11 is 6.44. The van der Waals surface area contributed by atoms with E-state index in [4.69, 9.17) is 11.6 Å². The number of fused-ring (bicyclic) bond motifs is 2. The molecule has 5 rings (SSSR count). The summed E-state index contributed by atoms with van der Waals surface area (Å²) in [7, 11) is 0. The molecule has 128 valence electrons. The van der Waals surface area contributed by atoms with Gasteiger partial charge in [0, 0.05) is 10.4 Å². The maximum atomic E-state index is 6.44. The Morgan fingerprint density at radius 3 is 1.48 bits per heavy atom. The molecule has 0 amide bonds. The van der Waals surface area contributed by atoms with Crippen LogP contribution in [-0.4, -0.2) is 0 Å². The first-order valence-corrected chi connectivity index (χ1v) is 9.45. The second-order valence-corrected chi connectivity index (χ2v) is 7.12. The lowest BCUT2D eigenvalue weighted by Crippen LogP contribution is -1.87. The maximum Gasteiger partial charge on any atom is 0.0484 e. The molecule has 0 unspecified atom stereocenters. The van der Waals surface area contributed by atoms with Crippen molar-refractivity contribution >= 4 is 33.1 Å². The van der Waals surface area contributed by atoms with Crippen LogP contribution in [-0.2, 0) is 0 Å². The standard InChI is InChI=1S/C26H17Cl/c27-26-17-16-24(22-12-6-7-13-25(22)26)23-15-14-19(18-8-2-1-3-9-18)20-10-4-5-11-21(20)23/h1-17H. The highest BCUT2D eigenvalue weighted by molar-refractivity contribution is 6.36. The summed E-state index contributed by atoms with van der Waals surface area (Å²) in [5, 5.41) is 5.58. The van der Waals surface area contributed by atoms with Gasteiger partial charge in [0.15, 0.2) is 0 Å². The van der Waals surface area contributed by atoms with Crippen LogP contribution in [0.15, 0.2) is 103 Å². The molecule has 0 aromatic heterocycles. The minimum Gasteiger partial charge on any atom is -0.0837 e.